The number of nitrogens with zero attached hydrogens (tertiary/aromatic N) is 3. The highest BCUT2D eigenvalue weighted by atomic mass is 16.7. The largest absolute Gasteiger partial charge is 0.454 e. The Kier molecular flexibility index (Phi) is 4.71. The number of carbonyl (C=O) groups excluding carboxylic acids is 1. The lowest BCUT2D eigenvalue weighted by molar-refractivity contribution is -0.00415. The molecule has 0 aliphatic carbocycles. The van der Waals surface area contributed by atoms with Crippen LogP contribution in [0.5, 0.6) is 11.5 Å². The molecule has 1 amide bonds. The molecule has 0 radical (unpaired) electrons. The molecule has 7 nitrogen and oxygen atoms in total. The first-order valence-corrected chi connectivity index (χ1v) is 8.77. The number of hydrogen-bond donors (Lipinski definition) is 0. The number of morpholine rings is 1. The Bertz CT molecular complexity index is 811. The molecule has 1 aromatic carbocycles. The third-order valence-electron chi connectivity index (χ3n) is 4.81. The Balaban J connectivity index is 1.48. The zero-order valence-electron chi connectivity index (χ0n) is 14.7. The van der Waals surface area contributed by atoms with Crippen molar-refractivity contribution in [1.82, 2.24) is 14.9 Å². The number of rotatable bonds is 4. The second kappa shape index (κ2) is 7.29. The zero-order chi connectivity index (χ0) is 17.9. The molecule has 3 heterocycles. The molecule has 0 unspecified atom stereocenters. The van der Waals surface area contributed by atoms with Crippen molar-refractivity contribution in [1.29, 1.82) is 0 Å². The molecular weight excluding hydrogens is 334 g/mol. The Morgan fingerprint density at radius 2 is 2.08 bits per heavy atom. The number of hydrogen-bond acceptors (Lipinski definition) is 6. The van der Waals surface area contributed by atoms with E-state index in [0.29, 0.717) is 36.8 Å². The third-order valence-corrected chi connectivity index (χ3v) is 4.81. The van der Waals surface area contributed by atoms with Gasteiger partial charge in [-0.25, -0.2) is 0 Å². The first-order chi connectivity index (χ1) is 12.7. The van der Waals surface area contributed by atoms with E-state index >= 15 is 0 Å². The normalized spacial score (nSPS) is 18.8. The number of amides is 1. The van der Waals surface area contributed by atoms with Gasteiger partial charge in [0.1, 0.15) is 0 Å². The van der Waals surface area contributed by atoms with E-state index in [1.54, 1.807) is 30.6 Å². The van der Waals surface area contributed by atoms with E-state index in [1.165, 1.54) is 0 Å². The summed E-state index contributed by atoms with van der Waals surface area (Å²) in [7, 11) is 0. The Labute approximate surface area is 151 Å². The van der Waals surface area contributed by atoms with Crippen molar-refractivity contribution in [3.8, 4) is 11.5 Å². The summed E-state index contributed by atoms with van der Waals surface area (Å²) in [5, 5.41) is 0. The van der Waals surface area contributed by atoms with Crippen LogP contribution in [0, 0.1) is 6.92 Å². The second-order valence-corrected chi connectivity index (χ2v) is 6.42. The maximum absolute atomic E-state index is 13.0. The van der Waals surface area contributed by atoms with E-state index in [9.17, 15) is 4.79 Å². The molecule has 1 atom stereocenters. The van der Waals surface area contributed by atoms with Crippen molar-refractivity contribution in [2.24, 2.45) is 0 Å². The van der Waals surface area contributed by atoms with Crippen LogP contribution in [-0.2, 0) is 11.2 Å². The molecule has 1 saturated heterocycles. The van der Waals surface area contributed by atoms with Gasteiger partial charge in [-0.1, -0.05) is 0 Å². The van der Waals surface area contributed by atoms with Crippen molar-refractivity contribution in [3.63, 3.8) is 0 Å². The lowest BCUT2D eigenvalue weighted by Crippen LogP contribution is -2.48. The first-order valence-electron chi connectivity index (χ1n) is 8.77. The fraction of sp³-hybridized carbons (Fsp3) is 0.421. The highest BCUT2D eigenvalue weighted by molar-refractivity contribution is 5.95. The highest BCUT2D eigenvalue weighted by Gasteiger charge is 2.29. The van der Waals surface area contributed by atoms with E-state index in [1.807, 2.05) is 11.8 Å². The van der Waals surface area contributed by atoms with Gasteiger partial charge in [0.2, 0.25) is 6.79 Å². The molecule has 0 spiro atoms. The Morgan fingerprint density at radius 3 is 2.96 bits per heavy atom. The summed E-state index contributed by atoms with van der Waals surface area (Å²) in [6.45, 7) is 3.82. The number of aryl methyl sites for hydroxylation is 2. The van der Waals surface area contributed by atoms with Crippen LogP contribution in [0.15, 0.2) is 30.6 Å². The quantitative estimate of drug-likeness (QED) is 0.835. The summed E-state index contributed by atoms with van der Waals surface area (Å²) >= 11 is 0. The molecule has 2 aliphatic rings. The van der Waals surface area contributed by atoms with Gasteiger partial charge >= 0.3 is 0 Å². The molecule has 2 aromatic rings. The molecule has 0 bridgehead atoms. The SMILES string of the molecule is Cc1nccnc1CC[C@H]1COCCN1C(=O)c1ccc2c(c1)OCO2. The smallest absolute Gasteiger partial charge is 0.254 e. The lowest BCUT2D eigenvalue weighted by Gasteiger charge is -2.35. The van der Waals surface area contributed by atoms with E-state index in [4.69, 9.17) is 14.2 Å². The molecule has 7 heteroatoms. The average Bonchev–Trinajstić information content (AvgIpc) is 3.15. The summed E-state index contributed by atoms with van der Waals surface area (Å²) < 4.78 is 16.3. The topological polar surface area (TPSA) is 73.8 Å². The van der Waals surface area contributed by atoms with Crippen molar-refractivity contribution >= 4 is 5.91 Å². The van der Waals surface area contributed by atoms with Gasteiger partial charge < -0.3 is 19.1 Å². The number of aromatic nitrogens is 2. The highest BCUT2D eigenvalue weighted by Crippen LogP contribution is 2.33. The Morgan fingerprint density at radius 1 is 1.23 bits per heavy atom. The third kappa shape index (κ3) is 3.35. The van der Waals surface area contributed by atoms with E-state index in [2.05, 4.69) is 9.97 Å². The second-order valence-electron chi connectivity index (χ2n) is 6.42. The van der Waals surface area contributed by atoms with Crippen LogP contribution in [0.2, 0.25) is 0 Å². The van der Waals surface area contributed by atoms with Gasteiger partial charge in [0.25, 0.3) is 5.91 Å². The molecular formula is C19H21N3O4. The molecule has 136 valence electrons. The van der Waals surface area contributed by atoms with Crippen LogP contribution >= 0.6 is 0 Å². The first kappa shape index (κ1) is 16.8. The minimum absolute atomic E-state index is 0.00697. The standard InChI is InChI=1S/C19H21N3O4/c1-13-16(21-7-6-20-13)4-3-15-11-24-9-8-22(15)19(23)14-2-5-17-18(10-14)26-12-25-17/h2,5-7,10,15H,3-4,8-9,11-12H2,1H3/t15-/m0/s1. The molecule has 2 aliphatic heterocycles. The molecule has 0 N–H and O–H groups in total. The van der Waals surface area contributed by atoms with Gasteiger partial charge in [-0.05, 0) is 38.0 Å². The van der Waals surface area contributed by atoms with Crippen LogP contribution < -0.4 is 9.47 Å². The van der Waals surface area contributed by atoms with Gasteiger partial charge in [-0.15, -0.1) is 0 Å². The minimum atomic E-state index is -0.00697. The fourth-order valence-electron chi connectivity index (χ4n) is 3.34. The van der Waals surface area contributed by atoms with Crippen LogP contribution in [0.3, 0.4) is 0 Å². The van der Waals surface area contributed by atoms with Gasteiger partial charge in [0, 0.05) is 24.5 Å². The molecule has 26 heavy (non-hydrogen) atoms. The van der Waals surface area contributed by atoms with Crippen LogP contribution in [-0.4, -0.2) is 53.4 Å². The number of benzene rings is 1. The van der Waals surface area contributed by atoms with Gasteiger partial charge in [-0.3, -0.25) is 14.8 Å². The van der Waals surface area contributed by atoms with Crippen molar-refractivity contribution in [3.05, 3.63) is 47.5 Å². The average molecular weight is 355 g/mol. The van der Waals surface area contributed by atoms with Crippen LogP contribution in [0.1, 0.15) is 28.2 Å². The minimum Gasteiger partial charge on any atom is -0.454 e. The monoisotopic (exact) mass is 355 g/mol. The number of carbonyl (C=O) groups is 1. The summed E-state index contributed by atoms with van der Waals surface area (Å²) in [6.07, 6.45) is 4.95. The molecule has 1 fully saturated rings. The van der Waals surface area contributed by atoms with Gasteiger partial charge in [-0.2, -0.15) is 0 Å². The maximum Gasteiger partial charge on any atom is 0.254 e. The predicted molar refractivity (Wildman–Crippen MR) is 93.3 cm³/mol. The summed E-state index contributed by atoms with van der Waals surface area (Å²) in [5.41, 5.74) is 2.50. The maximum atomic E-state index is 13.0. The molecule has 4 rings (SSSR count). The van der Waals surface area contributed by atoms with Crippen molar-refractivity contribution in [2.45, 2.75) is 25.8 Å². The lowest BCUT2D eigenvalue weighted by atomic mass is 10.0. The van der Waals surface area contributed by atoms with Gasteiger partial charge in [0.15, 0.2) is 11.5 Å². The van der Waals surface area contributed by atoms with Crippen LogP contribution in [0.25, 0.3) is 0 Å². The predicted octanol–water partition coefficient (Wildman–Crippen LogP) is 1.99. The summed E-state index contributed by atoms with van der Waals surface area (Å²) in [6, 6.07) is 5.34. The number of ether oxygens (including phenoxy) is 3. The van der Waals surface area contributed by atoms with E-state index in [-0.39, 0.29) is 18.7 Å². The Hall–Kier alpha value is -2.67. The molecule has 0 saturated carbocycles. The summed E-state index contributed by atoms with van der Waals surface area (Å²) in [4.78, 5) is 23.6. The number of fused-ring (bicyclic) bond motifs is 1. The van der Waals surface area contributed by atoms with Crippen molar-refractivity contribution in [2.75, 3.05) is 26.6 Å². The van der Waals surface area contributed by atoms with Crippen LogP contribution in [0.4, 0.5) is 0 Å². The summed E-state index contributed by atoms with van der Waals surface area (Å²) in [5.74, 6) is 1.29. The van der Waals surface area contributed by atoms with E-state index < -0.39 is 0 Å². The van der Waals surface area contributed by atoms with Gasteiger partial charge in [0.05, 0.1) is 30.6 Å². The zero-order valence-corrected chi connectivity index (χ0v) is 14.7. The fourth-order valence-corrected chi connectivity index (χ4v) is 3.34. The van der Waals surface area contributed by atoms with E-state index in [0.717, 1.165) is 24.2 Å². The molecule has 1 aromatic heterocycles. The van der Waals surface area contributed by atoms with Crippen molar-refractivity contribution < 1.29 is 19.0 Å².